The summed E-state index contributed by atoms with van der Waals surface area (Å²) < 4.78 is 6.06. The Hall–Kier alpha value is -2.50. The number of pyridine rings is 1. The quantitative estimate of drug-likeness (QED) is 0.707. The Kier molecular flexibility index (Phi) is 7.34. The lowest BCUT2D eigenvalue weighted by Gasteiger charge is -2.36. The number of hydrogen-bond donors (Lipinski definition) is 2. The number of aromatic nitrogens is 2. The third-order valence-corrected chi connectivity index (χ3v) is 5.46. The Morgan fingerprint density at radius 3 is 3.07 bits per heavy atom. The number of rotatable bonds is 8. The molecule has 7 nitrogen and oxygen atoms in total. The number of nitriles is 1. The van der Waals surface area contributed by atoms with Gasteiger partial charge in [0.05, 0.1) is 29.9 Å². The van der Waals surface area contributed by atoms with Crippen LogP contribution in [0, 0.1) is 17.2 Å². The molecular weight excluding hydrogens is 374 g/mol. The van der Waals surface area contributed by atoms with E-state index in [2.05, 4.69) is 33.6 Å². The van der Waals surface area contributed by atoms with Gasteiger partial charge in [0, 0.05) is 17.9 Å². The Bertz CT molecular complexity index is 805. The lowest BCUT2D eigenvalue weighted by atomic mass is 9.83. The third-order valence-electron chi connectivity index (χ3n) is 4.82. The van der Waals surface area contributed by atoms with Crippen LogP contribution < -0.4 is 10.6 Å². The molecule has 1 amide bonds. The summed E-state index contributed by atoms with van der Waals surface area (Å²) in [5, 5.41) is 17.4. The number of hydrogen-bond acceptors (Lipinski definition) is 7. The van der Waals surface area contributed by atoms with E-state index in [-0.39, 0.29) is 24.0 Å². The molecule has 3 rings (SSSR count). The van der Waals surface area contributed by atoms with Crippen LogP contribution in [-0.4, -0.2) is 34.6 Å². The van der Waals surface area contributed by atoms with Crippen LogP contribution in [0.4, 0.5) is 5.82 Å². The van der Waals surface area contributed by atoms with Crippen LogP contribution in [0.2, 0.25) is 0 Å². The first-order valence-electron chi connectivity index (χ1n) is 9.59. The maximum atomic E-state index is 12.6. The summed E-state index contributed by atoms with van der Waals surface area (Å²) in [5.41, 5.74) is 3.03. The van der Waals surface area contributed by atoms with Gasteiger partial charge in [0.1, 0.15) is 17.6 Å². The van der Waals surface area contributed by atoms with E-state index >= 15 is 0 Å². The first kappa shape index (κ1) is 20.2. The van der Waals surface area contributed by atoms with E-state index in [1.807, 2.05) is 17.5 Å². The predicted molar refractivity (Wildman–Crippen MR) is 108 cm³/mol. The van der Waals surface area contributed by atoms with Crippen LogP contribution in [0.5, 0.6) is 0 Å². The molecule has 8 heteroatoms. The summed E-state index contributed by atoms with van der Waals surface area (Å²) in [6.45, 7) is 3.19. The summed E-state index contributed by atoms with van der Waals surface area (Å²) >= 11 is 1.52. The average Bonchev–Trinajstić information content (AvgIpc) is 3.25. The van der Waals surface area contributed by atoms with Crippen molar-refractivity contribution in [2.24, 2.45) is 5.92 Å². The topological polar surface area (TPSA) is 99.9 Å². The molecule has 0 radical (unpaired) electrons. The predicted octanol–water partition coefficient (Wildman–Crippen LogP) is 3.10. The number of nitrogens with zero attached hydrogens (tertiary/aromatic N) is 3. The lowest BCUT2D eigenvalue weighted by Crippen LogP contribution is -2.45. The monoisotopic (exact) mass is 399 g/mol. The van der Waals surface area contributed by atoms with Gasteiger partial charge in [-0.3, -0.25) is 4.79 Å². The van der Waals surface area contributed by atoms with Crippen LogP contribution in [-0.2, 0) is 16.1 Å². The normalized spacial score (nSPS) is 21.6. The van der Waals surface area contributed by atoms with Crippen molar-refractivity contribution in [3.8, 4) is 6.07 Å². The van der Waals surface area contributed by atoms with Gasteiger partial charge in [-0.1, -0.05) is 13.0 Å². The second-order valence-electron chi connectivity index (χ2n) is 6.89. The van der Waals surface area contributed by atoms with Crippen LogP contribution in [0.3, 0.4) is 0 Å². The van der Waals surface area contributed by atoms with Crippen LogP contribution in [0.1, 0.15) is 44.0 Å². The summed E-state index contributed by atoms with van der Waals surface area (Å²) in [5.74, 6) is 0.652. The van der Waals surface area contributed by atoms with E-state index in [4.69, 9.17) is 10.00 Å². The molecule has 1 aliphatic carbocycles. The summed E-state index contributed by atoms with van der Waals surface area (Å²) in [6.07, 6.45) is 3.10. The van der Waals surface area contributed by atoms with Crippen molar-refractivity contribution in [1.29, 1.82) is 5.26 Å². The zero-order valence-corrected chi connectivity index (χ0v) is 16.7. The maximum absolute atomic E-state index is 12.6. The van der Waals surface area contributed by atoms with Gasteiger partial charge in [-0.25, -0.2) is 9.97 Å². The molecule has 2 N–H and O–H groups in total. The first-order valence-corrected chi connectivity index (χ1v) is 10.5. The van der Waals surface area contributed by atoms with Crippen LogP contribution in [0.15, 0.2) is 29.1 Å². The Balaban J connectivity index is 1.60. The summed E-state index contributed by atoms with van der Waals surface area (Å²) in [7, 11) is 0. The minimum absolute atomic E-state index is 0.0566. The molecule has 0 bridgehead atoms. The molecule has 1 fully saturated rings. The van der Waals surface area contributed by atoms with E-state index in [1.54, 1.807) is 11.6 Å². The van der Waals surface area contributed by atoms with E-state index in [0.717, 1.165) is 25.0 Å². The summed E-state index contributed by atoms with van der Waals surface area (Å²) in [6, 6.07) is 7.47. The van der Waals surface area contributed by atoms with Gasteiger partial charge in [-0.2, -0.15) is 5.26 Å². The van der Waals surface area contributed by atoms with E-state index in [9.17, 15) is 4.79 Å². The molecule has 1 aliphatic rings. The number of thiazole rings is 1. The second-order valence-corrected chi connectivity index (χ2v) is 7.61. The summed E-state index contributed by atoms with van der Waals surface area (Å²) in [4.78, 5) is 21.1. The van der Waals surface area contributed by atoms with Crippen molar-refractivity contribution in [2.75, 3.05) is 11.9 Å². The molecule has 2 aromatic rings. The third kappa shape index (κ3) is 5.50. The highest BCUT2D eigenvalue weighted by molar-refractivity contribution is 7.07. The Labute approximate surface area is 169 Å². The van der Waals surface area contributed by atoms with Gasteiger partial charge < -0.3 is 15.4 Å². The van der Waals surface area contributed by atoms with Crippen molar-refractivity contribution < 1.29 is 9.53 Å². The molecule has 0 aromatic carbocycles. The highest BCUT2D eigenvalue weighted by Gasteiger charge is 2.34. The highest BCUT2D eigenvalue weighted by atomic mass is 32.1. The largest absolute Gasteiger partial charge is 0.376 e. The molecule has 0 unspecified atom stereocenters. The number of ether oxygens (including phenoxy) is 1. The zero-order chi connectivity index (χ0) is 19.8. The van der Waals surface area contributed by atoms with E-state index < -0.39 is 0 Å². The fraction of sp³-hybridized carbons (Fsp3) is 0.500. The molecule has 2 aromatic heterocycles. The minimum atomic E-state index is -0.0729. The van der Waals surface area contributed by atoms with Gasteiger partial charge in [-0.15, -0.1) is 11.3 Å². The van der Waals surface area contributed by atoms with E-state index in [1.165, 1.54) is 11.3 Å². The van der Waals surface area contributed by atoms with Crippen molar-refractivity contribution in [3.05, 3.63) is 40.5 Å². The SMILES string of the molecule is CCCO[C@@H]1C[C@@H](C(=O)NCc2cscn2)CC[C@H]1Nc1cccc(C#N)n1. The number of anilines is 1. The fourth-order valence-corrected chi connectivity index (χ4v) is 3.96. The smallest absolute Gasteiger partial charge is 0.223 e. The molecule has 2 heterocycles. The van der Waals surface area contributed by atoms with Gasteiger partial charge >= 0.3 is 0 Å². The van der Waals surface area contributed by atoms with Crippen LogP contribution in [0.25, 0.3) is 0 Å². The number of amides is 1. The first-order chi connectivity index (χ1) is 13.7. The molecule has 3 atom stereocenters. The number of carbonyl (C=O) groups excluding carboxylic acids is 1. The van der Waals surface area contributed by atoms with Crippen molar-refractivity contribution in [2.45, 2.75) is 51.3 Å². The number of nitrogens with one attached hydrogen (secondary N) is 2. The van der Waals surface area contributed by atoms with E-state index in [0.29, 0.717) is 31.1 Å². The molecule has 0 saturated heterocycles. The highest BCUT2D eigenvalue weighted by Crippen LogP contribution is 2.29. The standard InChI is InChI=1S/C20H25N5O2S/c1-2-8-27-18-9-14(20(26)22-11-16-12-28-13-23-16)6-7-17(18)25-19-5-3-4-15(10-21)24-19/h3-5,12-14,17-18H,2,6-9,11H2,1H3,(H,22,26)(H,24,25)/t14-,17+,18+/m0/s1. The zero-order valence-electron chi connectivity index (χ0n) is 15.9. The van der Waals surface area contributed by atoms with Crippen molar-refractivity contribution >= 4 is 23.1 Å². The second kappa shape index (κ2) is 10.2. The van der Waals surface area contributed by atoms with Gasteiger partial charge in [0.15, 0.2) is 0 Å². The molecule has 148 valence electrons. The lowest BCUT2D eigenvalue weighted by molar-refractivity contribution is -0.128. The molecule has 0 aliphatic heterocycles. The molecule has 0 spiro atoms. The fourth-order valence-electron chi connectivity index (χ4n) is 3.40. The van der Waals surface area contributed by atoms with Gasteiger partial charge in [0.2, 0.25) is 5.91 Å². The average molecular weight is 400 g/mol. The molecule has 28 heavy (non-hydrogen) atoms. The maximum Gasteiger partial charge on any atom is 0.223 e. The van der Waals surface area contributed by atoms with Crippen molar-refractivity contribution in [3.63, 3.8) is 0 Å². The molecule has 1 saturated carbocycles. The van der Waals surface area contributed by atoms with Gasteiger partial charge in [-0.05, 0) is 37.8 Å². The van der Waals surface area contributed by atoms with Gasteiger partial charge in [0.25, 0.3) is 0 Å². The molecular formula is C20H25N5O2S. The Morgan fingerprint density at radius 1 is 1.43 bits per heavy atom. The van der Waals surface area contributed by atoms with Crippen molar-refractivity contribution in [1.82, 2.24) is 15.3 Å². The Morgan fingerprint density at radius 2 is 2.32 bits per heavy atom. The van der Waals surface area contributed by atoms with Crippen LogP contribution >= 0.6 is 11.3 Å². The number of carbonyl (C=O) groups is 1. The minimum Gasteiger partial charge on any atom is -0.376 e.